The van der Waals surface area contributed by atoms with Crippen LogP contribution in [0.2, 0.25) is 0 Å². The Kier molecular flexibility index (Phi) is 2.51. The molecule has 2 aromatic carbocycles. The van der Waals surface area contributed by atoms with Crippen LogP contribution in [0.25, 0.3) is 22.0 Å². The smallest absolute Gasteiger partial charge is 0.101 e. The summed E-state index contributed by atoms with van der Waals surface area (Å²) in [4.78, 5) is 4.41. The van der Waals surface area contributed by atoms with Gasteiger partial charge in [0, 0.05) is 17.1 Å². The van der Waals surface area contributed by atoms with Gasteiger partial charge in [0.25, 0.3) is 0 Å². The summed E-state index contributed by atoms with van der Waals surface area (Å²) in [6, 6.07) is 20.0. The van der Waals surface area contributed by atoms with Crippen molar-refractivity contribution in [2.24, 2.45) is 0 Å². The summed E-state index contributed by atoms with van der Waals surface area (Å²) in [5, 5.41) is 10.0. The largest absolute Gasteiger partial charge is 0.254 e. The van der Waals surface area contributed by atoms with Gasteiger partial charge in [-0.1, -0.05) is 42.5 Å². The minimum absolute atomic E-state index is 0.618. The van der Waals surface area contributed by atoms with Crippen LogP contribution < -0.4 is 0 Å². The third-order valence-corrected chi connectivity index (χ3v) is 2.94. The van der Waals surface area contributed by atoms with Gasteiger partial charge in [0.1, 0.15) is 6.07 Å². The molecule has 0 unspecified atom stereocenters. The van der Waals surface area contributed by atoms with Crippen LogP contribution in [0.1, 0.15) is 5.56 Å². The molecule has 18 heavy (non-hydrogen) atoms. The molecule has 1 aromatic heterocycles. The molecule has 0 saturated carbocycles. The number of nitriles is 1. The van der Waals surface area contributed by atoms with Crippen LogP contribution in [0.5, 0.6) is 0 Å². The number of hydrogen-bond acceptors (Lipinski definition) is 2. The lowest BCUT2D eigenvalue weighted by molar-refractivity contribution is 1.39. The molecular formula is C16H10N2. The summed E-state index contributed by atoms with van der Waals surface area (Å²) in [7, 11) is 0. The fourth-order valence-electron chi connectivity index (χ4n) is 2.04. The van der Waals surface area contributed by atoms with Gasteiger partial charge in [-0.2, -0.15) is 5.26 Å². The first kappa shape index (κ1) is 10.5. The Morgan fingerprint density at radius 1 is 0.889 bits per heavy atom. The highest BCUT2D eigenvalue weighted by Crippen LogP contribution is 2.23. The topological polar surface area (TPSA) is 36.7 Å². The zero-order valence-corrected chi connectivity index (χ0v) is 9.67. The van der Waals surface area contributed by atoms with Crippen LogP contribution in [-0.2, 0) is 0 Å². The number of para-hydroxylation sites is 1. The number of nitrogens with zero attached hydrogens (tertiary/aromatic N) is 2. The van der Waals surface area contributed by atoms with Crippen molar-refractivity contribution in [3.63, 3.8) is 0 Å². The van der Waals surface area contributed by atoms with Crippen molar-refractivity contribution in [1.29, 1.82) is 5.26 Å². The Bertz CT molecular complexity index is 740. The Morgan fingerprint density at radius 3 is 2.50 bits per heavy atom. The van der Waals surface area contributed by atoms with Crippen LogP contribution in [-0.4, -0.2) is 4.98 Å². The number of rotatable bonds is 1. The molecule has 0 fully saturated rings. The Labute approximate surface area is 105 Å². The first-order valence-corrected chi connectivity index (χ1v) is 5.73. The number of benzene rings is 2. The van der Waals surface area contributed by atoms with Crippen LogP contribution >= 0.6 is 0 Å². The van der Waals surface area contributed by atoms with E-state index in [1.807, 2.05) is 36.5 Å². The first-order chi connectivity index (χ1) is 8.88. The van der Waals surface area contributed by atoms with E-state index in [1.165, 1.54) is 0 Å². The molecular weight excluding hydrogens is 220 g/mol. The minimum Gasteiger partial charge on any atom is -0.254 e. The van der Waals surface area contributed by atoms with E-state index in [2.05, 4.69) is 29.3 Å². The molecule has 2 heteroatoms. The molecule has 0 aliphatic rings. The van der Waals surface area contributed by atoms with Gasteiger partial charge < -0.3 is 0 Å². The van der Waals surface area contributed by atoms with Crippen molar-refractivity contribution in [3.05, 3.63) is 66.4 Å². The minimum atomic E-state index is 0.618. The van der Waals surface area contributed by atoms with E-state index in [9.17, 15) is 0 Å². The highest BCUT2D eigenvalue weighted by Gasteiger charge is 2.03. The number of fused-ring (bicyclic) bond motifs is 1. The zero-order chi connectivity index (χ0) is 12.4. The van der Waals surface area contributed by atoms with Gasteiger partial charge in [-0.3, -0.25) is 4.98 Å². The van der Waals surface area contributed by atoms with Gasteiger partial charge in [-0.25, -0.2) is 0 Å². The molecule has 0 N–H and O–H groups in total. The van der Waals surface area contributed by atoms with Gasteiger partial charge >= 0.3 is 0 Å². The van der Waals surface area contributed by atoms with E-state index in [-0.39, 0.29) is 0 Å². The van der Waals surface area contributed by atoms with Gasteiger partial charge in [0.05, 0.1) is 11.1 Å². The molecule has 0 atom stereocenters. The molecule has 0 amide bonds. The van der Waals surface area contributed by atoms with E-state index in [4.69, 9.17) is 5.26 Å². The van der Waals surface area contributed by atoms with Crippen molar-refractivity contribution < 1.29 is 0 Å². The summed E-state index contributed by atoms with van der Waals surface area (Å²) in [6.45, 7) is 0. The van der Waals surface area contributed by atoms with Gasteiger partial charge in [0.2, 0.25) is 0 Å². The molecule has 0 aliphatic carbocycles. The Hall–Kier alpha value is -2.66. The van der Waals surface area contributed by atoms with Gasteiger partial charge in [-0.15, -0.1) is 0 Å². The molecule has 0 radical (unpaired) electrons. The second-order valence-electron chi connectivity index (χ2n) is 4.08. The summed E-state index contributed by atoms with van der Waals surface area (Å²) in [5.41, 5.74) is 3.58. The fraction of sp³-hybridized carbons (Fsp3) is 0. The molecule has 84 valence electrons. The highest BCUT2D eigenvalue weighted by molar-refractivity contribution is 5.87. The maximum absolute atomic E-state index is 9.03. The predicted octanol–water partition coefficient (Wildman–Crippen LogP) is 3.77. The molecule has 3 aromatic rings. The van der Waals surface area contributed by atoms with Crippen LogP contribution in [0.15, 0.2) is 60.8 Å². The third kappa shape index (κ3) is 1.72. The van der Waals surface area contributed by atoms with Crippen molar-refractivity contribution >= 4 is 10.9 Å². The quantitative estimate of drug-likeness (QED) is 0.638. The van der Waals surface area contributed by atoms with Crippen molar-refractivity contribution in [2.45, 2.75) is 0 Å². The lowest BCUT2D eigenvalue weighted by Gasteiger charge is -2.04. The van der Waals surface area contributed by atoms with E-state index in [0.717, 1.165) is 22.0 Å². The van der Waals surface area contributed by atoms with Gasteiger partial charge in [-0.05, 0) is 17.7 Å². The average molecular weight is 230 g/mol. The molecule has 0 aliphatic heterocycles. The lowest BCUT2D eigenvalue weighted by atomic mass is 10.0. The summed E-state index contributed by atoms with van der Waals surface area (Å²) in [6.07, 6.45) is 1.82. The SMILES string of the molecule is N#Cc1cccc2cc(-c3ccccc3)cnc12. The van der Waals surface area contributed by atoms with Crippen molar-refractivity contribution in [2.75, 3.05) is 0 Å². The lowest BCUT2D eigenvalue weighted by Crippen LogP contribution is -1.86. The molecule has 1 heterocycles. The zero-order valence-electron chi connectivity index (χ0n) is 9.67. The second kappa shape index (κ2) is 4.31. The molecule has 0 saturated heterocycles. The van der Waals surface area contributed by atoms with Crippen molar-refractivity contribution in [3.8, 4) is 17.2 Å². The summed E-state index contributed by atoms with van der Waals surface area (Å²) >= 11 is 0. The number of aromatic nitrogens is 1. The molecule has 3 rings (SSSR count). The fourth-order valence-corrected chi connectivity index (χ4v) is 2.04. The standard InChI is InChI=1S/C16H10N2/c17-10-14-8-4-7-13-9-15(11-18-16(13)14)12-5-2-1-3-6-12/h1-9,11H. The Morgan fingerprint density at radius 2 is 1.72 bits per heavy atom. The van der Waals surface area contributed by atoms with Crippen LogP contribution in [0.3, 0.4) is 0 Å². The van der Waals surface area contributed by atoms with Gasteiger partial charge in [0.15, 0.2) is 0 Å². The van der Waals surface area contributed by atoms with E-state index in [1.54, 1.807) is 6.07 Å². The second-order valence-corrected chi connectivity index (χ2v) is 4.08. The monoisotopic (exact) mass is 230 g/mol. The first-order valence-electron chi connectivity index (χ1n) is 5.73. The highest BCUT2D eigenvalue weighted by atomic mass is 14.7. The van der Waals surface area contributed by atoms with E-state index in [0.29, 0.717) is 5.56 Å². The van der Waals surface area contributed by atoms with E-state index >= 15 is 0 Å². The number of hydrogen-bond donors (Lipinski definition) is 0. The summed E-state index contributed by atoms with van der Waals surface area (Å²) < 4.78 is 0. The predicted molar refractivity (Wildman–Crippen MR) is 71.9 cm³/mol. The molecule has 0 spiro atoms. The van der Waals surface area contributed by atoms with Crippen LogP contribution in [0, 0.1) is 11.3 Å². The summed E-state index contributed by atoms with van der Waals surface area (Å²) in [5.74, 6) is 0. The normalized spacial score (nSPS) is 10.2. The molecule has 2 nitrogen and oxygen atoms in total. The number of pyridine rings is 1. The third-order valence-electron chi connectivity index (χ3n) is 2.94. The molecule has 0 bridgehead atoms. The maximum Gasteiger partial charge on any atom is 0.101 e. The van der Waals surface area contributed by atoms with E-state index < -0.39 is 0 Å². The Balaban J connectivity index is 2.22. The van der Waals surface area contributed by atoms with Crippen molar-refractivity contribution in [1.82, 2.24) is 4.98 Å². The maximum atomic E-state index is 9.03. The van der Waals surface area contributed by atoms with Crippen LogP contribution in [0.4, 0.5) is 0 Å². The average Bonchev–Trinajstić information content (AvgIpc) is 2.47.